The molecule has 0 aliphatic heterocycles. The van der Waals surface area contributed by atoms with E-state index in [9.17, 15) is 13.6 Å². The van der Waals surface area contributed by atoms with Crippen molar-refractivity contribution in [3.8, 4) is 11.8 Å². The molecule has 0 fully saturated rings. The van der Waals surface area contributed by atoms with Crippen LogP contribution in [-0.2, 0) is 4.79 Å². The van der Waals surface area contributed by atoms with Gasteiger partial charge in [-0.15, -0.1) is 0 Å². The van der Waals surface area contributed by atoms with Crippen LogP contribution in [0.1, 0.15) is 5.56 Å². The summed E-state index contributed by atoms with van der Waals surface area (Å²) < 4.78 is 29.2. The number of halogens is 2. The highest BCUT2D eigenvalue weighted by molar-refractivity contribution is 5.77. The molecule has 0 atom stereocenters. The minimum Gasteiger partial charge on any atom is -0.484 e. The first-order chi connectivity index (χ1) is 8.52. The lowest BCUT2D eigenvalue weighted by Gasteiger charge is -2.16. The van der Waals surface area contributed by atoms with Gasteiger partial charge < -0.3 is 9.64 Å². The van der Waals surface area contributed by atoms with Gasteiger partial charge in [-0.25, -0.2) is 8.78 Å². The number of hydrogen-bond acceptors (Lipinski definition) is 3. The molecule has 4 nitrogen and oxygen atoms in total. The molecule has 0 heterocycles. The average molecular weight is 254 g/mol. The van der Waals surface area contributed by atoms with Gasteiger partial charge in [0.1, 0.15) is 5.75 Å². The normalized spacial score (nSPS) is 9.94. The topological polar surface area (TPSA) is 53.3 Å². The quantitative estimate of drug-likeness (QED) is 0.803. The predicted molar refractivity (Wildman–Crippen MR) is 60.3 cm³/mol. The van der Waals surface area contributed by atoms with Crippen LogP contribution in [0.15, 0.2) is 24.3 Å². The molecule has 6 heteroatoms. The van der Waals surface area contributed by atoms with Crippen LogP contribution in [0.4, 0.5) is 8.78 Å². The highest BCUT2D eigenvalue weighted by Crippen LogP contribution is 2.11. The molecule has 0 saturated heterocycles. The van der Waals surface area contributed by atoms with Crippen molar-refractivity contribution < 1.29 is 18.3 Å². The van der Waals surface area contributed by atoms with Gasteiger partial charge in [-0.3, -0.25) is 4.79 Å². The van der Waals surface area contributed by atoms with E-state index < -0.39 is 18.9 Å². The number of rotatable bonds is 5. The predicted octanol–water partition coefficient (Wildman–Crippen LogP) is 1.66. The summed E-state index contributed by atoms with van der Waals surface area (Å²) in [5, 5.41) is 8.58. The molecule has 0 N–H and O–H groups in total. The van der Waals surface area contributed by atoms with E-state index in [0.29, 0.717) is 11.3 Å². The van der Waals surface area contributed by atoms with Crippen molar-refractivity contribution in [1.29, 1.82) is 5.26 Å². The first kappa shape index (κ1) is 13.9. The molecule has 1 rings (SSSR count). The average Bonchev–Trinajstić information content (AvgIpc) is 2.35. The van der Waals surface area contributed by atoms with Crippen LogP contribution in [-0.4, -0.2) is 37.4 Å². The summed E-state index contributed by atoms with van der Waals surface area (Å²) in [5.41, 5.74) is 0.475. The monoisotopic (exact) mass is 254 g/mol. The summed E-state index contributed by atoms with van der Waals surface area (Å²) in [4.78, 5) is 12.3. The number of amides is 1. The molecule has 0 radical (unpaired) electrons. The van der Waals surface area contributed by atoms with Gasteiger partial charge in [-0.05, 0) is 24.3 Å². The Morgan fingerprint density at radius 2 is 2.06 bits per heavy atom. The van der Waals surface area contributed by atoms with E-state index in [-0.39, 0.29) is 6.61 Å². The Morgan fingerprint density at radius 3 is 2.56 bits per heavy atom. The standard InChI is InChI=1S/C12H12F2N2O2/c1-16(7-11(13)14)12(17)8-18-10-4-2-9(6-15)3-5-10/h2-5,11H,7-8H2,1H3. The molecule has 0 aromatic heterocycles. The summed E-state index contributed by atoms with van der Waals surface area (Å²) in [5.74, 6) is -0.118. The van der Waals surface area contributed by atoms with Crippen LogP contribution in [0, 0.1) is 11.3 Å². The maximum atomic E-state index is 12.0. The van der Waals surface area contributed by atoms with Crippen LogP contribution < -0.4 is 4.74 Å². The lowest BCUT2D eigenvalue weighted by atomic mass is 10.2. The van der Waals surface area contributed by atoms with Crippen molar-refractivity contribution >= 4 is 5.91 Å². The van der Waals surface area contributed by atoms with E-state index in [1.165, 1.54) is 7.05 Å². The van der Waals surface area contributed by atoms with Gasteiger partial charge in [0, 0.05) is 7.05 Å². The Kier molecular flexibility index (Phi) is 5.06. The summed E-state index contributed by atoms with van der Waals surface area (Å²) in [7, 11) is 1.29. The zero-order chi connectivity index (χ0) is 13.5. The smallest absolute Gasteiger partial charge is 0.260 e. The van der Waals surface area contributed by atoms with E-state index in [1.807, 2.05) is 6.07 Å². The highest BCUT2D eigenvalue weighted by atomic mass is 19.3. The molecular formula is C12H12F2N2O2. The van der Waals surface area contributed by atoms with Gasteiger partial charge in [-0.2, -0.15) is 5.26 Å². The molecule has 0 saturated carbocycles. The van der Waals surface area contributed by atoms with E-state index in [0.717, 1.165) is 4.90 Å². The molecule has 0 aliphatic carbocycles. The number of carbonyl (C=O) groups excluding carboxylic acids is 1. The van der Waals surface area contributed by atoms with Crippen molar-refractivity contribution in [2.24, 2.45) is 0 Å². The summed E-state index contributed by atoms with van der Waals surface area (Å²) >= 11 is 0. The van der Waals surface area contributed by atoms with Crippen molar-refractivity contribution in [3.63, 3.8) is 0 Å². The minimum atomic E-state index is -2.56. The Balaban J connectivity index is 2.44. The Hall–Kier alpha value is -2.16. The SMILES string of the molecule is CN(CC(F)F)C(=O)COc1ccc(C#N)cc1. The van der Waals surface area contributed by atoms with E-state index in [4.69, 9.17) is 10.00 Å². The van der Waals surface area contributed by atoms with Crippen molar-refractivity contribution in [2.45, 2.75) is 6.43 Å². The number of nitriles is 1. The van der Waals surface area contributed by atoms with Gasteiger partial charge in [-0.1, -0.05) is 0 Å². The third kappa shape index (κ3) is 4.37. The fraction of sp³-hybridized carbons (Fsp3) is 0.333. The maximum absolute atomic E-state index is 12.0. The lowest BCUT2D eigenvalue weighted by molar-refractivity contribution is -0.133. The van der Waals surface area contributed by atoms with Crippen molar-refractivity contribution in [2.75, 3.05) is 20.2 Å². The van der Waals surface area contributed by atoms with Gasteiger partial charge in [0.15, 0.2) is 6.61 Å². The molecule has 0 bridgehead atoms. The Labute approximate surface area is 103 Å². The van der Waals surface area contributed by atoms with Crippen LogP contribution in [0.5, 0.6) is 5.75 Å². The zero-order valence-corrected chi connectivity index (χ0v) is 9.77. The zero-order valence-electron chi connectivity index (χ0n) is 9.77. The van der Waals surface area contributed by atoms with E-state index in [2.05, 4.69) is 0 Å². The minimum absolute atomic E-state index is 0.310. The Bertz CT molecular complexity index is 440. The second kappa shape index (κ2) is 6.55. The first-order valence-electron chi connectivity index (χ1n) is 5.18. The van der Waals surface area contributed by atoms with Gasteiger partial charge in [0.25, 0.3) is 12.3 Å². The molecule has 1 aromatic rings. The van der Waals surface area contributed by atoms with Crippen molar-refractivity contribution in [1.82, 2.24) is 4.90 Å². The number of ether oxygens (including phenoxy) is 1. The third-order valence-corrected chi connectivity index (χ3v) is 2.18. The molecular weight excluding hydrogens is 242 g/mol. The lowest BCUT2D eigenvalue weighted by Crippen LogP contribution is -2.34. The van der Waals surface area contributed by atoms with Crippen molar-refractivity contribution in [3.05, 3.63) is 29.8 Å². The number of likely N-dealkylation sites (N-methyl/N-ethyl adjacent to an activating group) is 1. The molecule has 1 amide bonds. The molecule has 18 heavy (non-hydrogen) atoms. The van der Waals surface area contributed by atoms with Gasteiger partial charge in [0.2, 0.25) is 0 Å². The second-order valence-corrected chi connectivity index (χ2v) is 3.59. The number of alkyl halides is 2. The molecule has 0 unspecified atom stereocenters. The van der Waals surface area contributed by atoms with Crippen LogP contribution >= 0.6 is 0 Å². The van der Waals surface area contributed by atoms with Crippen LogP contribution in [0.25, 0.3) is 0 Å². The van der Waals surface area contributed by atoms with Gasteiger partial charge >= 0.3 is 0 Å². The summed E-state index contributed by atoms with van der Waals surface area (Å²) in [6, 6.07) is 8.11. The number of hydrogen-bond donors (Lipinski definition) is 0. The number of nitrogens with zero attached hydrogens (tertiary/aromatic N) is 2. The second-order valence-electron chi connectivity index (χ2n) is 3.59. The molecule has 1 aromatic carbocycles. The molecule has 0 spiro atoms. The first-order valence-corrected chi connectivity index (χ1v) is 5.18. The van der Waals surface area contributed by atoms with Crippen LogP contribution in [0.3, 0.4) is 0 Å². The maximum Gasteiger partial charge on any atom is 0.260 e. The summed E-state index contributed by atoms with van der Waals surface area (Å²) in [6.45, 7) is -0.926. The van der Waals surface area contributed by atoms with E-state index >= 15 is 0 Å². The number of carbonyl (C=O) groups is 1. The number of benzene rings is 1. The molecule has 0 aliphatic rings. The van der Waals surface area contributed by atoms with Crippen LogP contribution in [0.2, 0.25) is 0 Å². The fourth-order valence-electron chi connectivity index (χ4n) is 1.19. The van der Waals surface area contributed by atoms with Gasteiger partial charge in [0.05, 0.1) is 18.2 Å². The largest absolute Gasteiger partial charge is 0.484 e. The highest BCUT2D eigenvalue weighted by Gasteiger charge is 2.14. The third-order valence-electron chi connectivity index (χ3n) is 2.18. The van der Waals surface area contributed by atoms with E-state index in [1.54, 1.807) is 24.3 Å². The fourth-order valence-corrected chi connectivity index (χ4v) is 1.19. The Morgan fingerprint density at radius 1 is 1.44 bits per heavy atom. The summed E-state index contributed by atoms with van der Waals surface area (Å²) in [6.07, 6.45) is -2.56. The molecule has 96 valence electrons.